The van der Waals surface area contributed by atoms with Crippen LogP contribution in [0.15, 0.2) is 84.9 Å². The lowest BCUT2D eigenvalue weighted by Crippen LogP contribution is -2.30. The van der Waals surface area contributed by atoms with E-state index in [2.05, 4.69) is 5.32 Å². The molecule has 3 rings (SSSR count). The molecule has 0 aromatic heterocycles. The van der Waals surface area contributed by atoms with Gasteiger partial charge in [-0.15, -0.1) is 0 Å². The second-order valence-electron chi connectivity index (χ2n) is 5.78. The first-order chi connectivity index (χ1) is 12.7. The summed E-state index contributed by atoms with van der Waals surface area (Å²) in [5, 5.41) is 2.49. The maximum Gasteiger partial charge on any atom is 0.407 e. The Labute approximate surface area is 152 Å². The van der Waals surface area contributed by atoms with Crippen molar-refractivity contribution in [3.05, 3.63) is 96.1 Å². The monoisotopic (exact) mass is 345 g/mol. The van der Waals surface area contributed by atoms with Crippen LogP contribution in [0.2, 0.25) is 0 Å². The van der Waals surface area contributed by atoms with Crippen LogP contribution in [0.5, 0.6) is 0 Å². The van der Waals surface area contributed by atoms with Gasteiger partial charge in [-0.05, 0) is 16.7 Å². The first kappa shape index (κ1) is 17.4. The van der Waals surface area contributed by atoms with Crippen LogP contribution in [-0.2, 0) is 11.3 Å². The largest absolute Gasteiger partial charge is 0.445 e. The van der Waals surface area contributed by atoms with Gasteiger partial charge < -0.3 is 10.1 Å². The van der Waals surface area contributed by atoms with E-state index < -0.39 is 6.09 Å². The normalized spacial score (nSPS) is 10.2. The number of Topliss-reactive ketones (excluding diaryl/α,β-unsaturated/α-hetero) is 1. The summed E-state index contributed by atoms with van der Waals surface area (Å²) in [6, 6.07) is 26.6. The summed E-state index contributed by atoms with van der Waals surface area (Å²) in [6.07, 6.45) is -0.608. The van der Waals surface area contributed by atoms with E-state index in [4.69, 9.17) is 4.74 Å². The molecular formula is C22H19NO3. The number of rotatable bonds is 6. The molecule has 4 heteroatoms. The standard InChI is InChI=1S/C22H19NO3/c24-21(15-23-22(25)26-16-17-7-3-1-4-8-17)20-13-11-19(12-14-20)18-9-5-2-6-10-18/h1-14H,15-16H2,(H,23,25). The number of alkyl carbamates (subject to hydrolysis) is 1. The van der Waals surface area contributed by atoms with Crippen molar-refractivity contribution in [3.8, 4) is 11.1 Å². The Morgan fingerprint density at radius 3 is 1.96 bits per heavy atom. The number of hydrogen-bond acceptors (Lipinski definition) is 3. The predicted octanol–water partition coefficient (Wildman–Crippen LogP) is 4.46. The van der Waals surface area contributed by atoms with Gasteiger partial charge in [0, 0.05) is 5.56 Å². The summed E-state index contributed by atoms with van der Waals surface area (Å²) >= 11 is 0. The van der Waals surface area contributed by atoms with Crippen molar-refractivity contribution >= 4 is 11.9 Å². The quantitative estimate of drug-likeness (QED) is 0.671. The number of carbonyl (C=O) groups is 2. The molecule has 1 amide bonds. The smallest absolute Gasteiger partial charge is 0.407 e. The number of ketones is 1. The van der Waals surface area contributed by atoms with E-state index in [-0.39, 0.29) is 18.9 Å². The molecule has 4 nitrogen and oxygen atoms in total. The van der Waals surface area contributed by atoms with Crippen molar-refractivity contribution in [1.29, 1.82) is 0 Å². The molecule has 1 N–H and O–H groups in total. The second kappa shape index (κ2) is 8.62. The van der Waals surface area contributed by atoms with Gasteiger partial charge in [-0.1, -0.05) is 84.9 Å². The van der Waals surface area contributed by atoms with E-state index in [9.17, 15) is 9.59 Å². The minimum atomic E-state index is -0.608. The van der Waals surface area contributed by atoms with Crippen molar-refractivity contribution in [1.82, 2.24) is 5.32 Å². The molecule has 0 aliphatic rings. The van der Waals surface area contributed by atoms with Gasteiger partial charge in [-0.2, -0.15) is 0 Å². The average Bonchev–Trinajstić information content (AvgIpc) is 2.72. The van der Waals surface area contributed by atoms with Gasteiger partial charge in [0.05, 0.1) is 6.54 Å². The van der Waals surface area contributed by atoms with Gasteiger partial charge in [-0.3, -0.25) is 4.79 Å². The Kier molecular flexibility index (Phi) is 5.78. The fourth-order valence-electron chi connectivity index (χ4n) is 2.51. The second-order valence-corrected chi connectivity index (χ2v) is 5.78. The lowest BCUT2D eigenvalue weighted by atomic mass is 10.0. The highest BCUT2D eigenvalue weighted by Crippen LogP contribution is 2.19. The Morgan fingerprint density at radius 2 is 1.31 bits per heavy atom. The number of nitrogens with one attached hydrogen (secondary N) is 1. The Morgan fingerprint density at radius 1 is 0.731 bits per heavy atom. The van der Waals surface area contributed by atoms with Crippen LogP contribution < -0.4 is 5.32 Å². The van der Waals surface area contributed by atoms with Gasteiger partial charge in [0.2, 0.25) is 0 Å². The molecule has 0 radical (unpaired) electrons. The van der Waals surface area contributed by atoms with Crippen LogP contribution in [0.3, 0.4) is 0 Å². The van der Waals surface area contributed by atoms with Crippen LogP contribution in [0.25, 0.3) is 11.1 Å². The molecule has 0 spiro atoms. The highest BCUT2D eigenvalue weighted by molar-refractivity contribution is 5.99. The molecule has 0 fully saturated rings. The Bertz CT molecular complexity index is 859. The van der Waals surface area contributed by atoms with E-state index in [0.29, 0.717) is 5.56 Å². The van der Waals surface area contributed by atoms with E-state index >= 15 is 0 Å². The first-order valence-electron chi connectivity index (χ1n) is 8.35. The SMILES string of the molecule is O=C(NCC(=O)c1ccc(-c2ccccc2)cc1)OCc1ccccc1. The molecule has 130 valence electrons. The van der Waals surface area contributed by atoms with Gasteiger partial charge >= 0.3 is 6.09 Å². The lowest BCUT2D eigenvalue weighted by molar-refractivity contribution is 0.0974. The zero-order chi connectivity index (χ0) is 18.2. The molecular weight excluding hydrogens is 326 g/mol. The van der Waals surface area contributed by atoms with Crippen LogP contribution >= 0.6 is 0 Å². The number of ether oxygens (including phenoxy) is 1. The van der Waals surface area contributed by atoms with Gasteiger partial charge in [0.1, 0.15) is 6.61 Å². The van der Waals surface area contributed by atoms with Crippen molar-refractivity contribution in [2.24, 2.45) is 0 Å². The molecule has 0 aliphatic heterocycles. The van der Waals surface area contributed by atoms with Gasteiger partial charge in [0.25, 0.3) is 0 Å². The average molecular weight is 345 g/mol. The summed E-state index contributed by atoms with van der Waals surface area (Å²) in [5.74, 6) is -0.165. The molecule has 3 aromatic carbocycles. The Balaban J connectivity index is 1.49. The third-order valence-corrected chi connectivity index (χ3v) is 3.92. The molecule has 0 saturated heterocycles. The third kappa shape index (κ3) is 4.80. The number of hydrogen-bond donors (Lipinski definition) is 1. The van der Waals surface area contributed by atoms with E-state index in [1.54, 1.807) is 12.1 Å². The van der Waals surface area contributed by atoms with Crippen LogP contribution in [-0.4, -0.2) is 18.4 Å². The zero-order valence-electron chi connectivity index (χ0n) is 14.2. The Hall–Kier alpha value is -3.40. The van der Waals surface area contributed by atoms with Crippen molar-refractivity contribution < 1.29 is 14.3 Å². The summed E-state index contributed by atoms with van der Waals surface area (Å²) < 4.78 is 5.09. The predicted molar refractivity (Wildman–Crippen MR) is 101 cm³/mol. The number of carbonyl (C=O) groups excluding carboxylic acids is 2. The molecule has 0 unspecified atom stereocenters. The van der Waals surface area contributed by atoms with Crippen molar-refractivity contribution in [3.63, 3.8) is 0 Å². The topological polar surface area (TPSA) is 55.4 Å². The maximum atomic E-state index is 12.2. The number of benzene rings is 3. The molecule has 0 aliphatic carbocycles. The molecule has 0 saturated carbocycles. The highest BCUT2D eigenvalue weighted by Gasteiger charge is 2.09. The first-order valence-corrected chi connectivity index (χ1v) is 8.35. The number of amides is 1. The van der Waals surface area contributed by atoms with Crippen LogP contribution in [0, 0.1) is 0 Å². The van der Waals surface area contributed by atoms with Crippen LogP contribution in [0.4, 0.5) is 4.79 Å². The van der Waals surface area contributed by atoms with E-state index in [1.807, 2.05) is 72.8 Å². The summed E-state index contributed by atoms with van der Waals surface area (Å²) in [5.41, 5.74) is 3.57. The summed E-state index contributed by atoms with van der Waals surface area (Å²) in [7, 11) is 0. The minimum absolute atomic E-state index is 0.0989. The maximum absolute atomic E-state index is 12.2. The summed E-state index contributed by atoms with van der Waals surface area (Å²) in [4.78, 5) is 23.9. The van der Waals surface area contributed by atoms with E-state index in [1.165, 1.54) is 0 Å². The molecule has 0 atom stereocenters. The highest BCUT2D eigenvalue weighted by atomic mass is 16.5. The molecule has 3 aromatic rings. The van der Waals surface area contributed by atoms with Crippen molar-refractivity contribution in [2.45, 2.75) is 6.61 Å². The molecule has 26 heavy (non-hydrogen) atoms. The zero-order valence-corrected chi connectivity index (χ0v) is 14.2. The molecule has 0 heterocycles. The summed E-state index contributed by atoms with van der Waals surface area (Å²) in [6.45, 7) is 0.0743. The van der Waals surface area contributed by atoms with Crippen LogP contribution in [0.1, 0.15) is 15.9 Å². The molecule has 0 bridgehead atoms. The minimum Gasteiger partial charge on any atom is -0.445 e. The fourth-order valence-corrected chi connectivity index (χ4v) is 2.51. The third-order valence-electron chi connectivity index (χ3n) is 3.92. The van der Waals surface area contributed by atoms with Gasteiger partial charge in [-0.25, -0.2) is 4.79 Å². The van der Waals surface area contributed by atoms with E-state index in [0.717, 1.165) is 16.7 Å². The fraction of sp³-hybridized carbons (Fsp3) is 0.0909. The van der Waals surface area contributed by atoms with Crippen molar-refractivity contribution in [2.75, 3.05) is 6.54 Å². The van der Waals surface area contributed by atoms with Gasteiger partial charge in [0.15, 0.2) is 5.78 Å². The lowest BCUT2D eigenvalue weighted by Gasteiger charge is -2.07.